The van der Waals surface area contributed by atoms with E-state index in [-0.39, 0.29) is 5.91 Å². The van der Waals surface area contributed by atoms with Gasteiger partial charge in [0.05, 0.1) is 22.8 Å². The van der Waals surface area contributed by atoms with Crippen LogP contribution >= 0.6 is 11.3 Å². The highest BCUT2D eigenvalue weighted by Gasteiger charge is 2.34. The first-order chi connectivity index (χ1) is 9.00. The maximum atomic E-state index is 12.3. The predicted octanol–water partition coefficient (Wildman–Crippen LogP) is 0.752. The molecule has 0 unspecified atom stereocenters. The molecule has 0 aromatic carbocycles. The van der Waals surface area contributed by atoms with Crippen LogP contribution in [0.5, 0.6) is 0 Å². The SMILES string of the molecule is Cc1nc(CNC(=O)C(C)(C)N2CCNCC2)cs1. The van der Waals surface area contributed by atoms with Gasteiger partial charge in [-0.15, -0.1) is 11.3 Å². The maximum Gasteiger partial charge on any atom is 0.240 e. The van der Waals surface area contributed by atoms with Crippen LogP contribution in [-0.2, 0) is 11.3 Å². The molecular weight excluding hydrogens is 260 g/mol. The van der Waals surface area contributed by atoms with Crippen LogP contribution in [0.2, 0.25) is 0 Å². The summed E-state index contributed by atoms with van der Waals surface area (Å²) in [4.78, 5) is 18.9. The van der Waals surface area contributed by atoms with Gasteiger partial charge in [0.15, 0.2) is 0 Å². The highest BCUT2D eigenvalue weighted by molar-refractivity contribution is 7.09. The molecule has 2 rings (SSSR count). The van der Waals surface area contributed by atoms with Crippen molar-refractivity contribution in [1.82, 2.24) is 20.5 Å². The third-order valence-electron chi connectivity index (χ3n) is 3.56. The number of thiazole rings is 1. The Hall–Kier alpha value is -0.980. The van der Waals surface area contributed by atoms with Crippen molar-refractivity contribution < 1.29 is 4.79 Å². The number of hydrogen-bond acceptors (Lipinski definition) is 5. The molecule has 0 aliphatic carbocycles. The molecule has 1 saturated heterocycles. The summed E-state index contributed by atoms with van der Waals surface area (Å²) in [5.74, 6) is 0.0695. The van der Waals surface area contributed by atoms with E-state index in [0.717, 1.165) is 36.9 Å². The van der Waals surface area contributed by atoms with E-state index in [1.54, 1.807) is 11.3 Å². The number of hydrogen-bond donors (Lipinski definition) is 2. The summed E-state index contributed by atoms with van der Waals surface area (Å²) in [5, 5.41) is 9.32. The highest BCUT2D eigenvalue weighted by Crippen LogP contribution is 2.16. The number of aryl methyl sites for hydroxylation is 1. The Morgan fingerprint density at radius 3 is 2.79 bits per heavy atom. The van der Waals surface area contributed by atoms with Crippen molar-refractivity contribution in [1.29, 1.82) is 0 Å². The van der Waals surface area contributed by atoms with Crippen LogP contribution in [0.15, 0.2) is 5.38 Å². The molecule has 6 heteroatoms. The largest absolute Gasteiger partial charge is 0.349 e. The van der Waals surface area contributed by atoms with E-state index in [9.17, 15) is 4.79 Å². The number of amides is 1. The molecule has 2 N–H and O–H groups in total. The fourth-order valence-electron chi connectivity index (χ4n) is 2.24. The number of piperazine rings is 1. The van der Waals surface area contributed by atoms with Crippen molar-refractivity contribution in [3.63, 3.8) is 0 Å². The molecule has 106 valence electrons. The Morgan fingerprint density at radius 2 is 2.21 bits per heavy atom. The third kappa shape index (κ3) is 3.52. The van der Waals surface area contributed by atoms with Gasteiger partial charge in [0.25, 0.3) is 0 Å². The zero-order chi connectivity index (χ0) is 13.9. The van der Waals surface area contributed by atoms with E-state index in [2.05, 4.69) is 20.5 Å². The molecular formula is C13H22N4OS. The van der Waals surface area contributed by atoms with Gasteiger partial charge in [0.2, 0.25) is 5.91 Å². The highest BCUT2D eigenvalue weighted by atomic mass is 32.1. The van der Waals surface area contributed by atoms with Crippen LogP contribution in [0.4, 0.5) is 0 Å². The van der Waals surface area contributed by atoms with Crippen molar-refractivity contribution in [3.05, 3.63) is 16.1 Å². The molecule has 19 heavy (non-hydrogen) atoms. The lowest BCUT2D eigenvalue weighted by molar-refractivity contribution is -0.132. The molecule has 0 radical (unpaired) electrons. The Balaban J connectivity index is 1.90. The van der Waals surface area contributed by atoms with Gasteiger partial charge in [-0.2, -0.15) is 0 Å². The van der Waals surface area contributed by atoms with Crippen LogP contribution < -0.4 is 10.6 Å². The molecule has 2 heterocycles. The van der Waals surface area contributed by atoms with Crippen molar-refractivity contribution >= 4 is 17.2 Å². The van der Waals surface area contributed by atoms with Gasteiger partial charge in [-0.1, -0.05) is 0 Å². The zero-order valence-electron chi connectivity index (χ0n) is 11.8. The van der Waals surface area contributed by atoms with Crippen LogP contribution in [0.3, 0.4) is 0 Å². The van der Waals surface area contributed by atoms with Crippen LogP contribution in [-0.4, -0.2) is 47.5 Å². The van der Waals surface area contributed by atoms with E-state index in [4.69, 9.17) is 0 Å². The Morgan fingerprint density at radius 1 is 1.53 bits per heavy atom. The minimum Gasteiger partial charge on any atom is -0.349 e. The Bertz CT molecular complexity index is 438. The molecule has 1 aliphatic rings. The van der Waals surface area contributed by atoms with E-state index < -0.39 is 5.54 Å². The first-order valence-corrected chi connectivity index (χ1v) is 7.53. The summed E-state index contributed by atoms with van der Waals surface area (Å²) in [6.07, 6.45) is 0. The van der Waals surface area contributed by atoms with Gasteiger partial charge >= 0.3 is 0 Å². The topological polar surface area (TPSA) is 57.3 Å². The van der Waals surface area contributed by atoms with E-state index in [1.165, 1.54) is 0 Å². The number of rotatable bonds is 4. The van der Waals surface area contributed by atoms with Gasteiger partial charge in [-0.3, -0.25) is 9.69 Å². The summed E-state index contributed by atoms with van der Waals surface area (Å²) >= 11 is 1.61. The average Bonchev–Trinajstić information content (AvgIpc) is 2.82. The summed E-state index contributed by atoms with van der Waals surface area (Å²) in [7, 11) is 0. The second kappa shape index (κ2) is 5.98. The lowest BCUT2D eigenvalue weighted by Crippen LogP contribution is -2.59. The fraction of sp³-hybridized carbons (Fsp3) is 0.692. The second-order valence-electron chi connectivity index (χ2n) is 5.34. The van der Waals surface area contributed by atoms with Crippen LogP contribution in [0.25, 0.3) is 0 Å². The Labute approximate surface area is 118 Å². The number of carbonyl (C=O) groups is 1. The number of nitrogens with one attached hydrogen (secondary N) is 2. The number of carbonyl (C=O) groups excluding carboxylic acids is 1. The molecule has 0 spiro atoms. The van der Waals surface area contributed by atoms with E-state index in [0.29, 0.717) is 6.54 Å². The van der Waals surface area contributed by atoms with Crippen molar-refractivity contribution in [2.75, 3.05) is 26.2 Å². The van der Waals surface area contributed by atoms with Gasteiger partial charge in [0, 0.05) is 31.6 Å². The van der Waals surface area contributed by atoms with Crippen molar-refractivity contribution in [3.8, 4) is 0 Å². The van der Waals surface area contributed by atoms with E-state index >= 15 is 0 Å². The summed E-state index contributed by atoms with van der Waals surface area (Å²) in [6.45, 7) is 10.2. The van der Waals surface area contributed by atoms with Gasteiger partial charge < -0.3 is 10.6 Å². The van der Waals surface area contributed by atoms with Crippen LogP contribution in [0.1, 0.15) is 24.5 Å². The molecule has 1 aliphatic heterocycles. The van der Waals surface area contributed by atoms with Gasteiger partial charge in [0.1, 0.15) is 0 Å². The minimum atomic E-state index is -0.465. The molecule has 5 nitrogen and oxygen atoms in total. The minimum absolute atomic E-state index is 0.0695. The molecule has 0 atom stereocenters. The molecule has 1 aromatic heterocycles. The lowest BCUT2D eigenvalue weighted by Gasteiger charge is -2.39. The molecule has 0 bridgehead atoms. The van der Waals surface area contributed by atoms with E-state index in [1.807, 2.05) is 26.2 Å². The summed E-state index contributed by atoms with van der Waals surface area (Å²) in [5.41, 5.74) is 0.472. The van der Waals surface area contributed by atoms with Gasteiger partial charge in [-0.25, -0.2) is 4.98 Å². The summed E-state index contributed by atoms with van der Waals surface area (Å²) in [6, 6.07) is 0. The van der Waals surface area contributed by atoms with Gasteiger partial charge in [-0.05, 0) is 20.8 Å². The smallest absolute Gasteiger partial charge is 0.240 e. The first kappa shape index (κ1) is 14.4. The number of aromatic nitrogens is 1. The molecule has 1 fully saturated rings. The first-order valence-electron chi connectivity index (χ1n) is 6.65. The summed E-state index contributed by atoms with van der Waals surface area (Å²) < 4.78 is 0. The lowest BCUT2D eigenvalue weighted by atomic mass is 10.0. The fourth-order valence-corrected chi connectivity index (χ4v) is 2.86. The predicted molar refractivity (Wildman–Crippen MR) is 77.2 cm³/mol. The molecule has 1 amide bonds. The maximum absolute atomic E-state index is 12.3. The van der Waals surface area contributed by atoms with Crippen molar-refractivity contribution in [2.24, 2.45) is 0 Å². The third-order valence-corrected chi connectivity index (χ3v) is 4.38. The average molecular weight is 282 g/mol. The van der Waals surface area contributed by atoms with Crippen LogP contribution in [0, 0.1) is 6.92 Å². The molecule has 1 aromatic rings. The zero-order valence-corrected chi connectivity index (χ0v) is 12.6. The normalized spacial score (nSPS) is 17.4. The molecule has 0 saturated carbocycles. The monoisotopic (exact) mass is 282 g/mol. The van der Waals surface area contributed by atoms with Crippen molar-refractivity contribution in [2.45, 2.75) is 32.9 Å². The Kier molecular flexibility index (Phi) is 4.54. The number of nitrogens with zero attached hydrogens (tertiary/aromatic N) is 2. The quantitative estimate of drug-likeness (QED) is 0.856. The standard InChI is InChI=1S/C13H22N4OS/c1-10-16-11(9-19-10)8-15-12(18)13(2,3)17-6-4-14-5-7-17/h9,14H,4-8H2,1-3H3,(H,15,18). The second-order valence-corrected chi connectivity index (χ2v) is 6.40.